The summed E-state index contributed by atoms with van der Waals surface area (Å²) in [5.41, 5.74) is 2.29. The van der Waals surface area contributed by atoms with E-state index in [-0.39, 0.29) is 23.8 Å². The third-order valence-electron chi connectivity index (χ3n) is 5.62. The Morgan fingerprint density at radius 3 is 2.32 bits per heavy atom. The van der Waals surface area contributed by atoms with Crippen LogP contribution in [0.2, 0.25) is 0 Å². The Morgan fingerprint density at radius 1 is 1.12 bits per heavy atom. The predicted molar refractivity (Wildman–Crippen MR) is 95.3 cm³/mol. The van der Waals surface area contributed by atoms with Gasteiger partial charge in [-0.25, -0.2) is 0 Å². The van der Waals surface area contributed by atoms with Gasteiger partial charge in [-0.3, -0.25) is 19.8 Å². The van der Waals surface area contributed by atoms with Crippen molar-refractivity contribution < 1.29 is 14.4 Å². The molecule has 5 heteroatoms. The van der Waals surface area contributed by atoms with Crippen LogP contribution in [0.4, 0.5) is 0 Å². The second-order valence-electron chi connectivity index (χ2n) is 7.09. The van der Waals surface area contributed by atoms with Crippen LogP contribution in [0.3, 0.4) is 0 Å². The number of likely N-dealkylation sites (tertiary alicyclic amines) is 1. The molecule has 134 valence electrons. The zero-order valence-corrected chi connectivity index (χ0v) is 14.7. The fraction of sp³-hybridized carbons (Fsp3) is 0.550. The fourth-order valence-corrected chi connectivity index (χ4v) is 4.02. The highest BCUT2D eigenvalue weighted by molar-refractivity contribution is 6.00. The molecule has 2 fully saturated rings. The van der Waals surface area contributed by atoms with Crippen LogP contribution in [0, 0.1) is 0 Å². The van der Waals surface area contributed by atoms with E-state index < -0.39 is 0 Å². The fourth-order valence-electron chi connectivity index (χ4n) is 4.02. The molecule has 2 saturated heterocycles. The lowest BCUT2D eigenvalue weighted by Gasteiger charge is -2.35. The number of benzene rings is 1. The molecule has 1 aromatic rings. The second kappa shape index (κ2) is 7.91. The van der Waals surface area contributed by atoms with Gasteiger partial charge in [-0.05, 0) is 55.8 Å². The van der Waals surface area contributed by atoms with Crippen molar-refractivity contribution in [1.82, 2.24) is 10.2 Å². The van der Waals surface area contributed by atoms with Crippen molar-refractivity contribution >= 4 is 18.1 Å². The molecule has 2 unspecified atom stereocenters. The van der Waals surface area contributed by atoms with E-state index in [1.165, 1.54) is 5.56 Å². The Labute approximate surface area is 148 Å². The van der Waals surface area contributed by atoms with Crippen molar-refractivity contribution in [2.45, 2.75) is 56.9 Å². The largest absolute Gasteiger partial charge is 0.302 e. The predicted octanol–water partition coefficient (Wildman–Crippen LogP) is 2.36. The molecule has 3 rings (SSSR count). The Bertz CT molecular complexity index is 633. The van der Waals surface area contributed by atoms with Crippen molar-refractivity contribution in [3.8, 4) is 0 Å². The van der Waals surface area contributed by atoms with E-state index >= 15 is 0 Å². The van der Waals surface area contributed by atoms with Gasteiger partial charge in [0.2, 0.25) is 11.8 Å². The van der Waals surface area contributed by atoms with Crippen LogP contribution in [0.15, 0.2) is 24.3 Å². The van der Waals surface area contributed by atoms with Gasteiger partial charge in [-0.1, -0.05) is 31.2 Å². The van der Waals surface area contributed by atoms with Gasteiger partial charge in [0.1, 0.15) is 6.29 Å². The maximum atomic E-state index is 12.0. The zero-order chi connectivity index (χ0) is 17.8. The topological polar surface area (TPSA) is 66.5 Å². The molecule has 2 amide bonds. The molecule has 2 aliphatic heterocycles. The molecular formula is C20H26N2O3. The monoisotopic (exact) mass is 342 g/mol. The minimum Gasteiger partial charge on any atom is -0.302 e. The van der Waals surface area contributed by atoms with Crippen LogP contribution < -0.4 is 5.32 Å². The quantitative estimate of drug-likeness (QED) is 0.659. The van der Waals surface area contributed by atoms with Crippen molar-refractivity contribution in [1.29, 1.82) is 0 Å². The first-order valence-corrected chi connectivity index (χ1v) is 9.25. The van der Waals surface area contributed by atoms with E-state index in [2.05, 4.69) is 29.3 Å². The lowest BCUT2D eigenvalue weighted by atomic mass is 9.85. The summed E-state index contributed by atoms with van der Waals surface area (Å²) in [6, 6.07) is 8.35. The van der Waals surface area contributed by atoms with Crippen LogP contribution in [-0.2, 0) is 14.4 Å². The molecule has 0 bridgehead atoms. The van der Waals surface area contributed by atoms with Crippen LogP contribution in [0.5, 0.6) is 0 Å². The minimum atomic E-state index is -0.216. The number of piperidine rings is 2. The molecule has 0 spiro atoms. The van der Waals surface area contributed by atoms with Crippen molar-refractivity contribution in [2.75, 3.05) is 13.1 Å². The minimum absolute atomic E-state index is 0.0517. The van der Waals surface area contributed by atoms with Gasteiger partial charge < -0.3 is 4.79 Å². The maximum Gasteiger partial charge on any atom is 0.234 e. The van der Waals surface area contributed by atoms with Crippen LogP contribution in [0.1, 0.15) is 62.0 Å². The van der Waals surface area contributed by atoms with Crippen LogP contribution >= 0.6 is 0 Å². The summed E-state index contributed by atoms with van der Waals surface area (Å²) in [7, 11) is 0. The first-order valence-electron chi connectivity index (χ1n) is 9.25. The summed E-state index contributed by atoms with van der Waals surface area (Å²) in [6.45, 7) is 3.96. The number of imide groups is 1. The third-order valence-corrected chi connectivity index (χ3v) is 5.62. The molecule has 0 aromatic heterocycles. The zero-order valence-electron chi connectivity index (χ0n) is 14.7. The summed E-state index contributed by atoms with van der Waals surface area (Å²) in [5, 5.41) is 2.42. The molecular weight excluding hydrogens is 316 g/mol. The van der Waals surface area contributed by atoms with E-state index in [1.54, 1.807) is 0 Å². The molecule has 2 aliphatic rings. The molecule has 25 heavy (non-hydrogen) atoms. The molecule has 2 heterocycles. The summed E-state index contributed by atoms with van der Waals surface area (Å²) in [4.78, 5) is 36.7. The molecule has 0 radical (unpaired) electrons. The lowest BCUT2D eigenvalue weighted by Crippen LogP contribution is -2.41. The number of amides is 2. The Balaban J connectivity index is 1.61. The smallest absolute Gasteiger partial charge is 0.234 e. The van der Waals surface area contributed by atoms with Crippen molar-refractivity contribution in [3.63, 3.8) is 0 Å². The van der Waals surface area contributed by atoms with E-state index in [4.69, 9.17) is 0 Å². The average molecular weight is 342 g/mol. The number of nitrogens with zero attached hydrogens (tertiary/aromatic N) is 1. The second-order valence-corrected chi connectivity index (χ2v) is 7.09. The highest BCUT2D eigenvalue weighted by atomic mass is 16.2. The highest BCUT2D eigenvalue weighted by Gasteiger charge is 2.28. The summed E-state index contributed by atoms with van der Waals surface area (Å²) >= 11 is 0. The van der Waals surface area contributed by atoms with Gasteiger partial charge in [0.05, 0.1) is 12.0 Å². The first kappa shape index (κ1) is 17.8. The van der Waals surface area contributed by atoms with Gasteiger partial charge in [0.15, 0.2) is 0 Å². The molecule has 2 atom stereocenters. The summed E-state index contributed by atoms with van der Waals surface area (Å²) in [5.74, 6) is -0.0650. The van der Waals surface area contributed by atoms with Crippen molar-refractivity contribution in [3.05, 3.63) is 35.4 Å². The van der Waals surface area contributed by atoms with E-state index in [1.807, 2.05) is 12.1 Å². The average Bonchev–Trinajstić information content (AvgIpc) is 2.64. The molecule has 0 saturated carbocycles. The number of rotatable bonds is 5. The third kappa shape index (κ3) is 3.98. The SMILES string of the molecule is CCC(C=O)N1CCC(c2ccc(C3CCC(=O)NC3=O)cc2)CC1. The van der Waals surface area contributed by atoms with E-state index in [9.17, 15) is 14.4 Å². The highest BCUT2D eigenvalue weighted by Crippen LogP contribution is 2.31. The van der Waals surface area contributed by atoms with Gasteiger partial charge in [-0.2, -0.15) is 0 Å². The standard InChI is InChI=1S/C20H26N2O3/c1-2-17(13-23)22-11-9-15(10-12-22)14-3-5-16(6-4-14)18-7-8-19(24)21-20(18)25/h3-6,13,15,17-18H,2,7-12H2,1H3,(H,21,24,25). The maximum absolute atomic E-state index is 12.0. The lowest BCUT2D eigenvalue weighted by molar-refractivity contribution is -0.134. The molecule has 5 nitrogen and oxygen atoms in total. The number of carbonyl (C=O) groups is 3. The number of hydrogen-bond acceptors (Lipinski definition) is 4. The molecule has 0 aliphatic carbocycles. The summed E-state index contributed by atoms with van der Waals surface area (Å²) in [6.07, 6.45) is 5.05. The summed E-state index contributed by atoms with van der Waals surface area (Å²) < 4.78 is 0. The number of aldehydes is 1. The van der Waals surface area contributed by atoms with Gasteiger partial charge >= 0.3 is 0 Å². The molecule has 1 aromatic carbocycles. The first-order chi connectivity index (χ1) is 12.1. The van der Waals surface area contributed by atoms with Gasteiger partial charge in [-0.15, -0.1) is 0 Å². The Morgan fingerprint density at radius 2 is 1.76 bits per heavy atom. The Kier molecular flexibility index (Phi) is 5.63. The Hall–Kier alpha value is -2.01. The number of hydrogen-bond donors (Lipinski definition) is 1. The number of nitrogens with one attached hydrogen (secondary N) is 1. The van der Waals surface area contributed by atoms with E-state index in [0.717, 1.165) is 44.2 Å². The van der Waals surface area contributed by atoms with Crippen LogP contribution in [0.25, 0.3) is 0 Å². The van der Waals surface area contributed by atoms with Gasteiger partial charge in [0.25, 0.3) is 0 Å². The molecule has 1 N–H and O–H groups in total. The van der Waals surface area contributed by atoms with Gasteiger partial charge in [0, 0.05) is 6.42 Å². The number of carbonyl (C=O) groups excluding carboxylic acids is 3. The van der Waals surface area contributed by atoms with Crippen molar-refractivity contribution in [2.24, 2.45) is 0 Å². The van der Waals surface area contributed by atoms with Crippen LogP contribution in [-0.4, -0.2) is 42.1 Å². The normalized spacial score (nSPS) is 24.0. The van der Waals surface area contributed by atoms with E-state index in [0.29, 0.717) is 18.8 Å².